The Labute approximate surface area is 116 Å². The molecule has 0 bridgehead atoms. The van der Waals surface area contributed by atoms with Crippen LogP contribution < -0.4 is 5.73 Å². The molecule has 0 fully saturated rings. The third-order valence-corrected chi connectivity index (χ3v) is 4.03. The van der Waals surface area contributed by atoms with Crippen LogP contribution in [-0.4, -0.2) is 43.2 Å². The summed E-state index contributed by atoms with van der Waals surface area (Å²) in [6.45, 7) is 0.838. The van der Waals surface area contributed by atoms with E-state index < -0.39 is 12.0 Å². The van der Waals surface area contributed by atoms with E-state index in [2.05, 4.69) is 12.1 Å². The molecule has 2 unspecified atom stereocenters. The van der Waals surface area contributed by atoms with Crippen molar-refractivity contribution in [1.82, 2.24) is 0 Å². The van der Waals surface area contributed by atoms with Gasteiger partial charge in [0.15, 0.2) is 0 Å². The summed E-state index contributed by atoms with van der Waals surface area (Å²) in [5, 5.41) is 8.75. The lowest BCUT2D eigenvalue weighted by Gasteiger charge is -2.07. The van der Waals surface area contributed by atoms with E-state index in [9.17, 15) is 4.79 Å². The molecule has 0 saturated heterocycles. The molecule has 0 aliphatic carbocycles. The summed E-state index contributed by atoms with van der Waals surface area (Å²) >= 11 is 0. The number of hydrogen-bond donors (Lipinski definition) is 2. The summed E-state index contributed by atoms with van der Waals surface area (Å²) in [6, 6.07) is 7.24. The summed E-state index contributed by atoms with van der Waals surface area (Å²) in [6.07, 6.45) is 3.75. The summed E-state index contributed by atoms with van der Waals surface area (Å²) in [4.78, 5) is 10.7. The van der Waals surface area contributed by atoms with E-state index in [0.29, 0.717) is 6.42 Å². The molecular formula is C14H22NO3P. The van der Waals surface area contributed by atoms with Crippen molar-refractivity contribution in [2.45, 2.75) is 18.9 Å². The summed E-state index contributed by atoms with van der Waals surface area (Å²) in [5.74, 6) is -0.955. The van der Waals surface area contributed by atoms with Gasteiger partial charge in [0.25, 0.3) is 0 Å². The highest BCUT2D eigenvalue weighted by Crippen LogP contribution is 2.14. The highest BCUT2D eigenvalue weighted by Gasteiger charge is 2.11. The lowest BCUT2D eigenvalue weighted by molar-refractivity contribution is -0.138. The highest BCUT2D eigenvalue weighted by molar-refractivity contribution is 7.37. The average molecular weight is 283 g/mol. The van der Waals surface area contributed by atoms with Gasteiger partial charge in [-0.05, 0) is 36.3 Å². The second-order valence-electron chi connectivity index (χ2n) is 4.46. The third-order valence-electron chi connectivity index (χ3n) is 2.87. The molecule has 0 aliphatic rings. The van der Waals surface area contributed by atoms with Gasteiger partial charge in [-0.2, -0.15) is 0 Å². The second-order valence-corrected chi connectivity index (χ2v) is 5.96. The first-order chi connectivity index (χ1) is 9.13. The fourth-order valence-electron chi connectivity index (χ4n) is 1.72. The molecule has 0 saturated carbocycles. The number of methoxy groups -OCH3 is 1. The molecule has 0 aromatic heterocycles. The maximum atomic E-state index is 10.7. The molecule has 1 aromatic rings. The first-order valence-corrected chi connectivity index (χ1v) is 7.80. The SMILES string of the molecule is COCCPCCc1ccc(CC(N)C(=O)O)cc1. The number of aryl methyl sites for hydroxylation is 1. The molecule has 0 aliphatic heterocycles. The molecule has 3 N–H and O–H groups in total. The van der Waals surface area contributed by atoms with Gasteiger partial charge in [0.1, 0.15) is 6.04 Å². The number of ether oxygens (including phenoxy) is 1. The maximum absolute atomic E-state index is 10.7. The van der Waals surface area contributed by atoms with Crippen LogP contribution in [0.25, 0.3) is 0 Å². The van der Waals surface area contributed by atoms with E-state index in [1.54, 1.807) is 7.11 Å². The van der Waals surface area contributed by atoms with Crippen LogP contribution in [0.1, 0.15) is 11.1 Å². The standard InChI is InChI=1S/C14H22NO3P/c1-18-7-9-19-8-6-11-2-4-12(5-3-11)10-13(15)14(16)17/h2-5,13,19H,6-10,15H2,1H3,(H,16,17). The van der Waals surface area contributed by atoms with Crippen LogP contribution in [-0.2, 0) is 22.4 Å². The fourth-order valence-corrected chi connectivity index (χ4v) is 2.78. The molecule has 0 radical (unpaired) electrons. The van der Waals surface area contributed by atoms with E-state index in [1.807, 2.05) is 12.1 Å². The van der Waals surface area contributed by atoms with Crippen LogP contribution in [0.5, 0.6) is 0 Å². The van der Waals surface area contributed by atoms with Gasteiger partial charge in [-0.1, -0.05) is 24.3 Å². The number of nitrogens with two attached hydrogens (primary N) is 1. The van der Waals surface area contributed by atoms with Crippen molar-refractivity contribution in [1.29, 1.82) is 0 Å². The monoisotopic (exact) mass is 283 g/mol. The van der Waals surface area contributed by atoms with Crippen molar-refractivity contribution in [3.63, 3.8) is 0 Å². The van der Waals surface area contributed by atoms with E-state index in [0.717, 1.165) is 33.3 Å². The molecular weight excluding hydrogens is 261 g/mol. The van der Waals surface area contributed by atoms with Crippen molar-refractivity contribution in [3.8, 4) is 0 Å². The number of carboxylic acids is 1. The Morgan fingerprint density at radius 2 is 1.95 bits per heavy atom. The van der Waals surface area contributed by atoms with Crippen LogP contribution in [0.3, 0.4) is 0 Å². The number of benzene rings is 1. The van der Waals surface area contributed by atoms with Gasteiger partial charge in [-0.3, -0.25) is 4.79 Å². The molecule has 4 nitrogen and oxygen atoms in total. The Balaban J connectivity index is 2.33. The zero-order chi connectivity index (χ0) is 14.1. The first-order valence-electron chi connectivity index (χ1n) is 6.39. The smallest absolute Gasteiger partial charge is 0.320 e. The van der Waals surface area contributed by atoms with Gasteiger partial charge in [-0.15, -0.1) is 8.58 Å². The lowest BCUT2D eigenvalue weighted by atomic mass is 10.0. The summed E-state index contributed by atoms with van der Waals surface area (Å²) in [7, 11) is 2.66. The molecule has 0 amide bonds. The predicted molar refractivity (Wildman–Crippen MR) is 79.4 cm³/mol. The van der Waals surface area contributed by atoms with E-state index in [-0.39, 0.29) is 0 Å². The Bertz CT molecular complexity index is 381. The van der Waals surface area contributed by atoms with Crippen LogP contribution in [0, 0.1) is 0 Å². The maximum Gasteiger partial charge on any atom is 0.320 e. The topological polar surface area (TPSA) is 72.5 Å². The Morgan fingerprint density at radius 3 is 2.53 bits per heavy atom. The molecule has 5 heteroatoms. The summed E-state index contributed by atoms with van der Waals surface area (Å²) < 4.78 is 5.01. The number of aliphatic carboxylic acids is 1. The first kappa shape index (κ1) is 16.1. The van der Waals surface area contributed by atoms with Crippen molar-refractivity contribution < 1.29 is 14.6 Å². The zero-order valence-corrected chi connectivity index (χ0v) is 12.3. The van der Waals surface area contributed by atoms with Crippen LogP contribution in [0.2, 0.25) is 0 Å². The molecule has 0 heterocycles. The predicted octanol–water partition coefficient (Wildman–Crippen LogP) is 1.51. The second kappa shape index (κ2) is 9.03. The fraction of sp³-hybridized carbons (Fsp3) is 0.500. The van der Waals surface area contributed by atoms with E-state index in [1.165, 1.54) is 11.7 Å². The molecule has 106 valence electrons. The summed E-state index contributed by atoms with van der Waals surface area (Å²) in [5.41, 5.74) is 7.77. The quantitative estimate of drug-likeness (QED) is 0.532. The highest BCUT2D eigenvalue weighted by atomic mass is 31.1. The minimum atomic E-state index is -0.955. The minimum Gasteiger partial charge on any atom is -0.480 e. The molecule has 1 rings (SSSR count). The third kappa shape index (κ3) is 6.67. The normalized spacial score (nSPS) is 12.9. The number of rotatable bonds is 9. The molecule has 2 atom stereocenters. The average Bonchev–Trinajstić information content (AvgIpc) is 2.40. The van der Waals surface area contributed by atoms with Gasteiger partial charge in [0.05, 0.1) is 0 Å². The molecule has 19 heavy (non-hydrogen) atoms. The van der Waals surface area contributed by atoms with Gasteiger partial charge < -0.3 is 15.6 Å². The Hall–Kier alpha value is -0.960. The van der Waals surface area contributed by atoms with Crippen molar-refractivity contribution in [3.05, 3.63) is 35.4 Å². The molecule has 0 spiro atoms. The van der Waals surface area contributed by atoms with Gasteiger partial charge in [0.2, 0.25) is 0 Å². The van der Waals surface area contributed by atoms with E-state index in [4.69, 9.17) is 15.6 Å². The number of carbonyl (C=O) groups is 1. The van der Waals surface area contributed by atoms with Crippen molar-refractivity contribution in [2.75, 3.05) is 26.0 Å². The number of carboxylic acid groups (broad SMARTS) is 1. The van der Waals surface area contributed by atoms with Crippen molar-refractivity contribution in [2.24, 2.45) is 5.73 Å². The van der Waals surface area contributed by atoms with Crippen LogP contribution in [0.15, 0.2) is 24.3 Å². The Kier molecular flexibility index (Phi) is 7.65. The Morgan fingerprint density at radius 1 is 1.32 bits per heavy atom. The van der Waals surface area contributed by atoms with Gasteiger partial charge in [-0.25, -0.2) is 0 Å². The van der Waals surface area contributed by atoms with Crippen LogP contribution in [0.4, 0.5) is 0 Å². The van der Waals surface area contributed by atoms with E-state index >= 15 is 0 Å². The largest absolute Gasteiger partial charge is 0.480 e. The molecule has 1 aromatic carbocycles. The van der Waals surface area contributed by atoms with Gasteiger partial charge >= 0.3 is 5.97 Å². The lowest BCUT2D eigenvalue weighted by Crippen LogP contribution is -2.32. The zero-order valence-electron chi connectivity index (χ0n) is 11.3. The van der Waals surface area contributed by atoms with Gasteiger partial charge in [0, 0.05) is 13.7 Å². The van der Waals surface area contributed by atoms with Crippen LogP contribution >= 0.6 is 8.58 Å². The number of hydrogen-bond acceptors (Lipinski definition) is 3. The van der Waals surface area contributed by atoms with Crippen molar-refractivity contribution >= 4 is 14.6 Å². The minimum absolute atomic E-state index is 0.380.